The molecule has 1 fully saturated rings. The normalized spacial score (nSPS) is 15.8. The quantitative estimate of drug-likeness (QED) is 0.541. The molecule has 0 aliphatic carbocycles. The Morgan fingerprint density at radius 1 is 1.26 bits per heavy atom. The van der Waals surface area contributed by atoms with Gasteiger partial charge >= 0.3 is 6.36 Å². The van der Waals surface area contributed by atoms with Crippen LogP contribution >= 0.6 is 0 Å². The molecule has 0 spiro atoms. The second-order valence-electron chi connectivity index (χ2n) is 6.56. The molecule has 1 aliphatic rings. The SMILES string of the molecule is C=C(F)C(=O)N1CCC(Nc2c(C#N)ccnc2Oc2ccc(OC(F)(F)F)cc2)C1. The minimum absolute atomic E-state index is 0.0169. The summed E-state index contributed by atoms with van der Waals surface area (Å²) in [5.74, 6) is -2.09. The van der Waals surface area contributed by atoms with E-state index in [1.165, 1.54) is 29.3 Å². The topological polar surface area (TPSA) is 87.5 Å². The van der Waals surface area contributed by atoms with Gasteiger partial charge in [-0.3, -0.25) is 4.79 Å². The lowest BCUT2D eigenvalue weighted by molar-refractivity contribution is -0.274. The summed E-state index contributed by atoms with van der Waals surface area (Å²) in [5, 5.41) is 12.5. The zero-order valence-corrected chi connectivity index (χ0v) is 15.9. The highest BCUT2D eigenvalue weighted by Gasteiger charge is 2.31. The molecular weight excluding hydrogens is 420 g/mol. The first kappa shape index (κ1) is 21.9. The van der Waals surface area contributed by atoms with E-state index in [1.807, 2.05) is 6.07 Å². The van der Waals surface area contributed by atoms with E-state index in [9.17, 15) is 27.6 Å². The van der Waals surface area contributed by atoms with E-state index in [0.717, 1.165) is 12.1 Å². The highest BCUT2D eigenvalue weighted by molar-refractivity contribution is 5.90. The number of rotatable bonds is 6. The zero-order valence-electron chi connectivity index (χ0n) is 15.9. The number of alkyl halides is 3. The molecule has 2 heterocycles. The number of hydrogen-bond donors (Lipinski definition) is 1. The minimum atomic E-state index is -4.81. The van der Waals surface area contributed by atoms with Crippen LogP contribution in [0, 0.1) is 11.3 Å². The van der Waals surface area contributed by atoms with Gasteiger partial charge in [0, 0.05) is 25.3 Å². The van der Waals surface area contributed by atoms with E-state index in [2.05, 4.69) is 21.6 Å². The van der Waals surface area contributed by atoms with Crippen LogP contribution in [0.5, 0.6) is 17.4 Å². The maximum absolute atomic E-state index is 13.1. The van der Waals surface area contributed by atoms with Gasteiger partial charge < -0.3 is 19.7 Å². The van der Waals surface area contributed by atoms with Crippen LogP contribution < -0.4 is 14.8 Å². The van der Waals surface area contributed by atoms with E-state index in [-0.39, 0.29) is 35.5 Å². The summed E-state index contributed by atoms with van der Waals surface area (Å²) in [6.07, 6.45) is -2.98. The zero-order chi connectivity index (χ0) is 22.6. The third-order valence-corrected chi connectivity index (χ3v) is 4.36. The van der Waals surface area contributed by atoms with Crippen LogP contribution in [-0.2, 0) is 4.79 Å². The highest BCUT2D eigenvalue weighted by Crippen LogP contribution is 2.33. The molecule has 2 aromatic rings. The van der Waals surface area contributed by atoms with Gasteiger partial charge in [0.25, 0.3) is 5.91 Å². The molecule has 1 aliphatic heterocycles. The minimum Gasteiger partial charge on any atom is -0.437 e. The van der Waals surface area contributed by atoms with Gasteiger partial charge in [-0.15, -0.1) is 13.2 Å². The fourth-order valence-corrected chi connectivity index (χ4v) is 3.01. The molecule has 1 atom stereocenters. The molecule has 1 saturated heterocycles. The molecule has 162 valence electrons. The summed E-state index contributed by atoms with van der Waals surface area (Å²) in [5.41, 5.74) is 0.459. The smallest absolute Gasteiger partial charge is 0.437 e. The van der Waals surface area contributed by atoms with Crippen molar-refractivity contribution in [2.24, 2.45) is 0 Å². The Morgan fingerprint density at radius 2 is 1.94 bits per heavy atom. The number of benzene rings is 1. The lowest BCUT2D eigenvalue weighted by Crippen LogP contribution is -2.31. The Morgan fingerprint density at radius 3 is 2.55 bits per heavy atom. The third-order valence-electron chi connectivity index (χ3n) is 4.36. The number of likely N-dealkylation sites (tertiary alicyclic amines) is 1. The molecular formula is C20H16F4N4O3. The van der Waals surface area contributed by atoms with E-state index in [1.54, 1.807) is 0 Å². The molecule has 11 heteroatoms. The Hall–Kier alpha value is -3.81. The van der Waals surface area contributed by atoms with Crippen molar-refractivity contribution in [2.75, 3.05) is 18.4 Å². The lowest BCUT2D eigenvalue weighted by Gasteiger charge is -2.19. The van der Waals surface area contributed by atoms with Gasteiger partial charge in [-0.2, -0.15) is 5.26 Å². The van der Waals surface area contributed by atoms with Crippen molar-refractivity contribution in [3.8, 4) is 23.4 Å². The van der Waals surface area contributed by atoms with Crippen molar-refractivity contribution in [1.29, 1.82) is 5.26 Å². The van der Waals surface area contributed by atoms with E-state index >= 15 is 0 Å². The first-order valence-corrected chi connectivity index (χ1v) is 8.99. The molecule has 1 unspecified atom stereocenters. The van der Waals surface area contributed by atoms with E-state index in [4.69, 9.17) is 4.74 Å². The molecule has 0 bridgehead atoms. The fraction of sp³-hybridized carbons (Fsp3) is 0.250. The third kappa shape index (κ3) is 5.63. The van der Waals surface area contributed by atoms with Crippen LogP contribution in [0.1, 0.15) is 12.0 Å². The van der Waals surface area contributed by atoms with Crippen LogP contribution in [0.15, 0.2) is 48.9 Å². The van der Waals surface area contributed by atoms with E-state index in [0.29, 0.717) is 13.0 Å². The molecule has 0 saturated carbocycles. The van der Waals surface area contributed by atoms with Crippen molar-refractivity contribution < 1.29 is 31.8 Å². The van der Waals surface area contributed by atoms with Crippen LogP contribution in [0.25, 0.3) is 0 Å². The predicted molar refractivity (Wildman–Crippen MR) is 101 cm³/mol. The number of nitriles is 1. The molecule has 1 N–H and O–H groups in total. The summed E-state index contributed by atoms with van der Waals surface area (Å²) >= 11 is 0. The maximum Gasteiger partial charge on any atom is 0.573 e. The second kappa shape index (κ2) is 8.91. The Balaban J connectivity index is 1.76. The monoisotopic (exact) mass is 436 g/mol. The highest BCUT2D eigenvalue weighted by atomic mass is 19.4. The van der Waals surface area contributed by atoms with Crippen molar-refractivity contribution in [2.45, 2.75) is 18.8 Å². The number of anilines is 1. The second-order valence-corrected chi connectivity index (χ2v) is 6.56. The number of halogens is 4. The first-order chi connectivity index (χ1) is 14.7. The van der Waals surface area contributed by atoms with Gasteiger partial charge in [0.1, 0.15) is 23.3 Å². The number of pyridine rings is 1. The summed E-state index contributed by atoms with van der Waals surface area (Å²) in [6, 6.07) is 7.83. The largest absolute Gasteiger partial charge is 0.573 e. The number of nitrogens with one attached hydrogen (secondary N) is 1. The summed E-state index contributed by atoms with van der Waals surface area (Å²) < 4.78 is 59.4. The van der Waals surface area contributed by atoms with Crippen LogP contribution in [0.4, 0.5) is 23.2 Å². The van der Waals surface area contributed by atoms with Crippen molar-refractivity contribution >= 4 is 11.6 Å². The molecule has 0 radical (unpaired) electrons. The molecule has 1 aromatic heterocycles. The van der Waals surface area contributed by atoms with Gasteiger partial charge in [0.15, 0.2) is 5.83 Å². The molecule has 1 amide bonds. The van der Waals surface area contributed by atoms with Gasteiger partial charge in [-0.05, 0) is 36.8 Å². The molecule has 7 nitrogen and oxygen atoms in total. The molecule has 3 rings (SSSR count). The van der Waals surface area contributed by atoms with Gasteiger partial charge in [0.2, 0.25) is 5.88 Å². The maximum atomic E-state index is 13.1. The van der Waals surface area contributed by atoms with Crippen LogP contribution in [-0.4, -0.2) is 41.3 Å². The standard InChI is InChI=1S/C20H16F4N4O3/c1-12(21)19(29)28-9-7-14(11-28)27-17-13(10-25)6-8-26-18(17)30-15-2-4-16(5-3-15)31-20(22,23)24/h2-6,8,14,27H,1,7,9,11H2. The van der Waals surface area contributed by atoms with Gasteiger partial charge in [0.05, 0.1) is 5.56 Å². The average Bonchev–Trinajstić information content (AvgIpc) is 3.17. The fourth-order valence-electron chi connectivity index (χ4n) is 3.01. The Kier molecular flexibility index (Phi) is 6.29. The average molecular weight is 436 g/mol. The lowest BCUT2D eigenvalue weighted by atomic mass is 10.2. The van der Waals surface area contributed by atoms with E-state index < -0.39 is 23.8 Å². The van der Waals surface area contributed by atoms with Crippen LogP contribution in [0.2, 0.25) is 0 Å². The molecule has 31 heavy (non-hydrogen) atoms. The molecule has 1 aromatic carbocycles. The predicted octanol–water partition coefficient (Wildman–Crippen LogP) is 4.14. The first-order valence-electron chi connectivity index (χ1n) is 8.99. The van der Waals surface area contributed by atoms with Gasteiger partial charge in [-0.1, -0.05) is 6.58 Å². The number of ether oxygens (including phenoxy) is 2. The van der Waals surface area contributed by atoms with Crippen molar-refractivity contribution in [1.82, 2.24) is 9.88 Å². The summed E-state index contributed by atoms with van der Waals surface area (Å²) in [7, 11) is 0. The Bertz CT molecular complexity index is 1020. The number of hydrogen-bond acceptors (Lipinski definition) is 6. The van der Waals surface area contributed by atoms with Crippen molar-refractivity contribution in [3.05, 3.63) is 54.5 Å². The van der Waals surface area contributed by atoms with Crippen LogP contribution in [0.3, 0.4) is 0 Å². The number of nitrogens with zero attached hydrogens (tertiary/aromatic N) is 3. The number of carbonyl (C=O) groups is 1. The van der Waals surface area contributed by atoms with Crippen molar-refractivity contribution in [3.63, 3.8) is 0 Å². The number of carbonyl (C=O) groups excluding carboxylic acids is 1. The number of amides is 1. The summed E-state index contributed by atoms with van der Waals surface area (Å²) in [6.45, 7) is 3.49. The Labute approximate surface area is 174 Å². The van der Waals surface area contributed by atoms with Gasteiger partial charge in [-0.25, -0.2) is 9.37 Å². The summed E-state index contributed by atoms with van der Waals surface area (Å²) in [4.78, 5) is 17.1. The number of aromatic nitrogens is 1.